The van der Waals surface area contributed by atoms with Gasteiger partial charge in [-0.1, -0.05) is 13.8 Å². The molecule has 15 heavy (non-hydrogen) atoms. The highest BCUT2D eigenvalue weighted by molar-refractivity contribution is 7.09. The van der Waals surface area contributed by atoms with Crippen LogP contribution < -0.4 is 4.90 Å². The Hall–Kier alpha value is -1.15. The summed E-state index contributed by atoms with van der Waals surface area (Å²) in [5, 5.41) is 9.51. The lowest BCUT2D eigenvalue weighted by molar-refractivity contribution is 0.695. The minimum Gasteiger partial charge on any atom is -0.346 e. The van der Waals surface area contributed by atoms with E-state index in [2.05, 4.69) is 29.3 Å². The average Bonchev–Trinajstić information content (AvgIpc) is 2.65. The number of nitrogens with zero attached hydrogens (tertiary/aromatic N) is 4. The number of hydrogen-bond donors (Lipinski definition) is 0. The van der Waals surface area contributed by atoms with Gasteiger partial charge in [-0.3, -0.25) is 0 Å². The fourth-order valence-corrected chi connectivity index (χ4v) is 1.93. The van der Waals surface area contributed by atoms with Crippen molar-refractivity contribution in [2.24, 2.45) is 0 Å². The fourth-order valence-electron chi connectivity index (χ4n) is 1.06. The van der Waals surface area contributed by atoms with Crippen molar-refractivity contribution < 1.29 is 0 Å². The number of aromatic nitrogens is 2. The summed E-state index contributed by atoms with van der Waals surface area (Å²) in [6, 6.07) is 2.35. The van der Waals surface area contributed by atoms with Crippen LogP contribution in [0.5, 0.6) is 0 Å². The van der Waals surface area contributed by atoms with Crippen LogP contribution in [0.2, 0.25) is 0 Å². The molecule has 1 unspecified atom stereocenters. The van der Waals surface area contributed by atoms with E-state index in [1.807, 2.05) is 18.9 Å². The fraction of sp³-hybridized carbons (Fsp3) is 0.700. The van der Waals surface area contributed by atoms with Gasteiger partial charge in [-0.25, -0.2) is 4.98 Å². The number of hydrogen-bond acceptors (Lipinski definition) is 5. The highest BCUT2D eigenvalue weighted by Gasteiger charge is 2.15. The predicted molar refractivity (Wildman–Crippen MR) is 62.1 cm³/mol. The van der Waals surface area contributed by atoms with Gasteiger partial charge in [0.15, 0.2) is 0 Å². The molecule has 0 fully saturated rings. The van der Waals surface area contributed by atoms with E-state index in [9.17, 15) is 0 Å². The summed E-state index contributed by atoms with van der Waals surface area (Å²) >= 11 is 1.40. The maximum absolute atomic E-state index is 8.62. The van der Waals surface area contributed by atoms with Crippen LogP contribution in [0, 0.1) is 11.3 Å². The van der Waals surface area contributed by atoms with Crippen molar-refractivity contribution in [3.05, 3.63) is 5.82 Å². The molecule has 1 atom stereocenters. The third-order valence-corrected chi connectivity index (χ3v) is 3.12. The summed E-state index contributed by atoms with van der Waals surface area (Å²) < 4.78 is 4.29. The molecule has 4 nitrogen and oxygen atoms in total. The number of anilines is 1. The second kappa shape index (κ2) is 5.08. The van der Waals surface area contributed by atoms with E-state index in [1.54, 1.807) is 0 Å². The smallest absolute Gasteiger partial charge is 0.205 e. The maximum Gasteiger partial charge on any atom is 0.205 e. The molecular formula is C10H16N4S. The topological polar surface area (TPSA) is 52.8 Å². The van der Waals surface area contributed by atoms with Crippen molar-refractivity contribution in [1.82, 2.24) is 9.36 Å². The highest BCUT2D eigenvalue weighted by atomic mass is 32.1. The van der Waals surface area contributed by atoms with E-state index in [0.29, 0.717) is 12.3 Å². The summed E-state index contributed by atoms with van der Waals surface area (Å²) in [7, 11) is 1.95. The number of rotatable bonds is 4. The minimum atomic E-state index is 0.183. The predicted octanol–water partition coefficient (Wildman–Crippen LogP) is 2.40. The van der Waals surface area contributed by atoms with Crippen molar-refractivity contribution in [2.45, 2.75) is 39.2 Å². The lowest BCUT2D eigenvalue weighted by Gasteiger charge is -2.21. The van der Waals surface area contributed by atoms with Gasteiger partial charge in [-0.15, -0.1) is 0 Å². The molecule has 0 aliphatic carbocycles. The molecule has 0 amide bonds. The maximum atomic E-state index is 8.62. The van der Waals surface area contributed by atoms with Gasteiger partial charge in [0.05, 0.1) is 12.5 Å². The quantitative estimate of drug-likeness (QED) is 0.788. The SMILES string of the molecule is CC(C)c1nsc(N(C)C(C)CC#N)n1. The molecule has 0 spiro atoms. The second-order valence-electron chi connectivity index (χ2n) is 3.91. The van der Waals surface area contributed by atoms with Gasteiger partial charge in [-0.05, 0) is 6.92 Å². The van der Waals surface area contributed by atoms with Gasteiger partial charge in [0.25, 0.3) is 0 Å². The third-order valence-electron chi connectivity index (χ3n) is 2.30. The molecule has 0 bridgehead atoms. The van der Waals surface area contributed by atoms with Gasteiger partial charge in [0.2, 0.25) is 5.13 Å². The van der Waals surface area contributed by atoms with Crippen molar-refractivity contribution in [3.63, 3.8) is 0 Å². The molecule has 0 aromatic carbocycles. The Morgan fingerprint density at radius 1 is 1.47 bits per heavy atom. The first-order chi connectivity index (χ1) is 7.06. The van der Waals surface area contributed by atoms with Gasteiger partial charge >= 0.3 is 0 Å². The molecule has 1 aromatic rings. The lowest BCUT2D eigenvalue weighted by atomic mass is 10.2. The first-order valence-electron chi connectivity index (χ1n) is 4.99. The molecule has 0 N–H and O–H groups in total. The standard InChI is InChI=1S/C10H16N4S/c1-7(2)9-12-10(15-13-9)14(4)8(3)5-6-11/h7-8H,5H2,1-4H3. The molecule has 1 rings (SSSR count). The van der Waals surface area contributed by atoms with E-state index in [1.165, 1.54) is 11.5 Å². The molecule has 0 aliphatic heterocycles. The third kappa shape index (κ3) is 2.90. The zero-order chi connectivity index (χ0) is 11.4. The van der Waals surface area contributed by atoms with Crippen LogP contribution in [0.4, 0.5) is 5.13 Å². The molecule has 0 saturated heterocycles. The van der Waals surface area contributed by atoms with Crippen LogP contribution in [0.15, 0.2) is 0 Å². The zero-order valence-corrected chi connectivity index (χ0v) is 10.4. The molecule has 5 heteroatoms. The van der Waals surface area contributed by atoms with Crippen molar-refractivity contribution in [3.8, 4) is 6.07 Å². The van der Waals surface area contributed by atoms with Crippen molar-refractivity contribution in [2.75, 3.05) is 11.9 Å². The van der Waals surface area contributed by atoms with E-state index in [-0.39, 0.29) is 6.04 Å². The Kier molecular flexibility index (Phi) is 4.04. The van der Waals surface area contributed by atoms with E-state index < -0.39 is 0 Å². The van der Waals surface area contributed by atoms with Crippen LogP contribution in [0.3, 0.4) is 0 Å². The monoisotopic (exact) mass is 224 g/mol. The Bertz CT molecular complexity index is 353. The summed E-state index contributed by atoms with van der Waals surface area (Å²) in [5.41, 5.74) is 0. The van der Waals surface area contributed by atoms with E-state index in [0.717, 1.165) is 11.0 Å². The Morgan fingerprint density at radius 3 is 2.60 bits per heavy atom. The molecule has 1 aromatic heterocycles. The van der Waals surface area contributed by atoms with Crippen LogP contribution >= 0.6 is 11.5 Å². The lowest BCUT2D eigenvalue weighted by Crippen LogP contribution is -2.28. The molecule has 82 valence electrons. The van der Waals surface area contributed by atoms with Gasteiger partial charge in [0, 0.05) is 30.5 Å². The van der Waals surface area contributed by atoms with Gasteiger partial charge in [0.1, 0.15) is 5.82 Å². The van der Waals surface area contributed by atoms with E-state index >= 15 is 0 Å². The van der Waals surface area contributed by atoms with Gasteiger partial charge in [-0.2, -0.15) is 9.64 Å². The molecule has 1 heterocycles. The minimum absolute atomic E-state index is 0.183. The average molecular weight is 224 g/mol. The summed E-state index contributed by atoms with van der Waals surface area (Å²) in [6.07, 6.45) is 0.507. The molecule has 0 saturated carbocycles. The zero-order valence-electron chi connectivity index (χ0n) is 9.56. The summed E-state index contributed by atoms with van der Waals surface area (Å²) in [5.74, 6) is 1.24. The largest absolute Gasteiger partial charge is 0.346 e. The molecule has 0 radical (unpaired) electrons. The first-order valence-corrected chi connectivity index (χ1v) is 5.77. The Balaban J connectivity index is 2.74. The summed E-state index contributed by atoms with van der Waals surface area (Å²) in [4.78, 5) is 6.44. The van der Waals surface area contributed by atoms with Crippen LogP contribution in [-0.2, 0) is 0 Å². The Labute approximate surface area is 94.7 Å². The van der Waals surface area contributed by atoms with Crippen LogP contribution in [0.1, 0.15) is 38.9 Å². The van der Waals surface area contributed by atoms with Crippen LogP contribution in [0.25, 0.3) is 0 Å². The highest BCUT2D eigenvalue weighted by Crippen LogP contribution is 2.22. The normalized spacial score (nSPS) is 12.5. The second-order valence-corrected chi connectivity index (χ2v) is 4.64. The van der Waals surface area contributed by atoms with Crippen molar-refractivity contribution >= 4 is 16.7 Å². The number of nitriles is 1. The first kappa shape index (κ1) is 11.9. The molecule has 0 aliphatic rings. The Morgan fingerprint density at radius 2 is 2.13 bits per heavy atom. The van der Waals surface area contributed by atoms with E-state index in [4.69, 9.17) is 5.26 Å². The van der Waals surface area contributed by atoms with Crippen molar-refractivity contribution in [1.29, 1.82) is 5.26 Å². The molecular weight excluding hydrogens is 208 g/mol. The summed E-state index contributed by atoms with van der Waals surface area (Å²) in [6.45, 7) is 6.16. The van der Waals surface area contributed by atoms with Crippen LogP contribution in [-0.4, -0.2) is 22.4 Å². The van der Waals surface area contributed by atoms with Gasteiger partial charge < -0.3 is 4.90 Å².